The molecule has 31 heavy (non-hydrogen) atoms. The standard InChI is InChI=1S/C22H25FN6OS/c1-3-28-9-11-29(12-10-28)19-6-5-16(23)13-17(19)15(2)26-21(30)18-14-31-22(27-18)20-24-7-4-8-25-20/h4-8,13-15H,3,9-12H2,1-2H3,(H,26,30). The molecule has 7 nitrogen and oxygen atoms in total. The Morgan fingerprint density at radius 1 is 1.23 bits per heavy atom. The van der Waals surface area contributed by atoms with Gasteiger partial charge in [0.05, 0.1) is 6.04 Å². The number of carbonyl (C=O) groups excluding carboxylic acids is 1. The molecule has 1 aliphatic heterocycles. The highest BCUT2D eigenvalue weighted by atomic mass is 32.1. The second-order valence-electron chi connectivity index (χ2n) is 7.43. The van der Waals surface area contributed by atoms with Gasteiger partial charge < -0.3 is 15.1 Å². The average Bonchev–Trinajstić information content (AvgIpc) is 3.30. The molecular weight excluding hydrogens is 415 g/mol. The van der Waals surface area contributed by atoms with Crippen LogP contribution >= 0.6 is 11.3 Å². The van der Waals surface area contributed by atoms with Gasteiger partial charge in [-0.3, -0.25) is 4.79 Å². The summed E-state index contributed by atoms with van der Waals surface area (Å²) < 4.78 is 14.1. The predicted molar refractivity (Wildman–Crippen MR) is 120 cm³/mol. The summed E-state index contributed by atoms with van der Waals surface area (Å²) in [7, 11) is 0. The summed E-state index contributed by atoms with van der Waals surface area (Å²) in [5, 5.41) is 5.23. The minimum absolute atomic E-state index is 0.300. The molecule has 4 rings (SSSR count). The fourth-order valence-corrected chi connectivity index (χ4v) is 4.45. The van der Waals surface area contributed by atoms with E-state index < -0.39 is 0 Å². The topological polar surface area (TPSA) is 74.2 Å². The Hall–Kier alpha value is -2.91. The molecule has 1 aliphatic rings. The van der Waals surface area contributed by atoms with E-state index in [2.05, 4.69) is 37.0 Å². The highest BCUT2D eigenvalue weighted by Gasteiger charge is 2.23. The van der Waals surface area contributed by atoms with E-state index in [9.17, 15) is 9.18 Å². The van der Waals surface area contributed by atoms with Crippen molar-refractivity contribution >= 4 is 22.9 Å². The fraction of sp³-hybridized carbons (Fsp3) is 0.364. The molecular formula is C22H25FN6OS. The molecule has 1 saturated heterocycles. The first kappa shape index (κ1) is 21.3. The lowest BCUT2D eigenvalue weighted by Gasteiger charge is -2.37. The highest BCUT2D eigenvalue weighted by molar-refractivity contribution is 7.13. The summed E-state index contributed by atoms with van der Waals surface area (Å²) in [5.41, 5.74) is 2.02. The Morgan fingerprint density at radius 2 is 1.97 bits per heavy atom. The van der Waals surface area contributed by atoms with Crippen molar-refractivity contribution < 1.29 is 9.18 Å². The molecule has 162 valence electrons. The van der Waals surface area contributed by atoms with Crippen LogP contribution in [-0.4, -0.2) is 58.5 Å². The summed E-state index contributed by atoms with van der Waals surface area (Å²) >= 11 is 1.31. The molecule has 1 amide bonds. The molecule has 1 N–H and O–H groups in total. The number of thiazole rings is 1. The third-order valence-electron chi connectivity index (χ3n) is 5.46. The zero-order chi connectivity index (χ0) is 21.8. The molecule has 1 atom stereocenters. The van der Waals surface area contributed by atoms with Crippen LogP contribution in [0.1, 0.15) is 35.9 Å². The molecule has 2 aromatic heterocycles. The van der Waals surface area contributed by atoms with Gasteiger partial charge in [-0.15, -0.1) is 11.3 Å². The third kappa shape index (κ3) is 4.88. The lowest BCUT2D eigenvalue weighted by atomic mass is 10.0. The zero-order valence-electron chi connectivity index (χ0n) is 17.6. The number of nitrogens with zero attached hydrogens (tertiary/aromatic N) is 5. The van der Waals surface area contributed by atoms with Crippen molar-refractivity contribution in [3.8, 4) is 10.8 Å². The van der Waals surface area contributed by atoms with E-state index in [1.807, 2.05) is 13.0 Å². The Labute approximate surface area is 185 Å². The van der Waals surface area contributed by atoms with Gasteiger partial charge in [0.1, 0.15) is 11.5 Å². The molecule has 9 heteroatoms. The van der Waals surface area contributed by atoms with Crippen molar-refractivity contribution in [1.82, 2.24) is 25.2 Å². The number of likely N-dealkylation sites (N-methyl/N-ethyl adjacent to an activating group) is 1. The van der Waals surface area contributed by atoms with Gasteiger partial charge in [0.15, 0.2) is 10.8 Å². The number of piperazine rings is 1. The maximum atomic E-state index is 14.1. The van der Waals surface area contributed by atoms with Gasteiger partial charge >= 0.3 is 0 Å². The monoisotopic (exact) mass is 440 g/mol. The van der Waals surface area contributed by atoms with Gasteiger partial charge in [0.25, 0.3) is 5.91 Å². The smallest absolute Gasteiger partial charge is 0.271 e. The van der Waals surface area contributed by atoms with E-state index in [1.165, 1.54) is 23.5 Å². The van der Waals surface area contributed by atoms with Gasteiger partial charge in [-0.05, 0) is 37.7 Å². The number of carbonyl (C=O) groups is 1. The van der Waals surface area contributed by atoms with Crippen LogP contribution in [0.15, 0.2) is 42.0 Å². The molecule has 0 bridgehead atoms. The van der Waals surface area contributed by atoms with Crippen molar-refractivity contribution in [2.24, 2.45) is 0 Å². The van der Waals surface area contributed by atoms with Gasteiger partial charge in [0.2, 0.25) is 0 Å². The van der Waals surface area contributed by atoms with Crippen molar-refractivity contribution in [2.75, 3.05) is 37.6 Å². The number of benzene rings is 1. The third-order valence-corrected chi connectivity index (χ3v) is 6.30. The van der Waals surface area contributed by atoms with Crippen LogP contribution in [0.5, 0.6) is 0 Å². The van der Waals surface area contributed by atoms with Gasteiger partial charge in [-0.1, -0.05) is 6.92 Å². The minimum atomic E-state index is -0.375. The Bertz CT molecular complexity index is 1040. The minimum Gasteiger partial charge on any atom is -0.369 e. The van der Waals surface area contributed by atoms with Crippen molar-refractivity contribution in [3.63, 3.8) is 0 Å². The van der Waals surface area contributed by atoms with Crippen LogP contribution in [0, 0.1) is 5.82 Å². The number of hydrogen-bond acceptors (Lipinski definition) is 7. The molecule has 0 radical (unpaired) electrons. The molecule has 0 aliphatic carbocycles. The van der Waals surface area contributed by atoms with E-state index in [1.54, 1.807) is 23.8 Å². The van der Waals surface area contributed by atoms with E-state index in [0.717, 1.165) is 44.0 Å². The number of anilines is 1. The van der Waals surface area contributed by atoms with E-state index in [0.29, 0.717) is 16.5 Å². The number of aromatic nitrogens is 3. The van der Waals surface area contributed by atoms with Crippen molar-refractivity contribution in [2.45, 2.75) is 19.9 Å². The lowest BCUT2D eigenvalue weighted by molar-refractivity contribution is 0.0935. The predicted octanol–water partition coefficient (Wildman–Crippen LogP) is 3.37. The Balaban J connectivity index is 1.49. The maximum Gasteiger partial charge on any atom is 0.271 e. The Kier molecular flexibility index (Phi) is 6.53. The molecule has 3 heterocycles. The quantitative estimate of drug-likeness (QED) is 0.634. The number of halogens is 1. The molecule has 3 aromatic rings. The number of hydrogen-bond donors (Lipinski definition) is 1. The van der Waals surface area contributed by atoms with E-state index in [-0.39, 0.29) is 17.8 Å². The van der Waals surface area contributed by atoms with Crippen LogP contribution in [-0.2, 0) is 0 Å². The first-order valence-corrected chi connectivity index (χ1v) is 11.2. The summed E-state index contributed by atoms with van der Waals surface area (Å²) in [4.78, 5) is 30.2. The molecule has 0 saturated carbocycles. The summed E-state index contributed by atoms with van der Waals surface area (Å²) in [6.07, 6.45) is 3.27. The fourth-order valence-electron chi connectivity index (χ4n) is 3.70. The van der Waals surface area contributed by atoms with Crippen molar-refractivity contribution in [1.29, 1.82) is 0 Å². The van der Waals surface area contributed by atoms with Crippen molar-refractivity contribution in [3.05, 3.63) is 59.1 Å². The van der Waals surface area contributed by atoms with Crippen LogP contribution in [0.2, 0.25) is 0 Å². The summed E-state index contributed by atoms with van der Waals surface area (Å²) in [6.45, 7) is 8.74. The second kappa shape index (κ2) is 9.49. The number of rotatable bonds is 6. The SMILES string of the molecule is CCN1CCN(c2ccc(F)cc2C(C)NC(=O)c2csc(-c3ncccn3)n2)CC1. The molecule has 1 unspecified atom stereocenters. The van der Waals surface area contributed by atoms with Gasteiger partial charge in [-0.2, -0.15) is 0 Å². The largest absolute Gasteiger partial charge is 0.369 e. The van der Waals surface area contributed by atoms with Gasteiger partial charge in [0, 0.05) is 55.2 Å². The average molecular weight is 441 g/mol. The number of amides is 1. The first-order chi connectivity index (χ1) is 15.0. The van der Waals surface area contributed by atoms with Crippen LogP contribution in [0.3, 0.4) is 0 Å². The summed E-state index contributed by atoms with van der Waals surface area (Å²) in [5.74, 6) is -0.139. The second-order valence-corrected chi connectivity index (χ2v) is 8.29. The van der Waals surface area contributed by atoms with Crippen LogP contribution in [0.25, 0.3) is 10.8 Å². The molecule has 0 spiro atoms. The van der Waals surface area contributed by atoms with Crippen LogP contribution < -0.4 is 10.2 Å². The maximum absolute atomic E-state index is 14.1. The highest BCUT2D eigenvalue weighted by Crippen LogP contribution is 2.29. The molecule has 1 fully saturated rings. The molecule has 1 aromatic carbocycles. The summed E-state index contributed by atoms with van der Waals surface area (Å²) in [6, 6.07) is 6.15. The van der Waals surface area contributed by atoms with E-state index in [4.69, 9.17) is 0 Å². The van der Waals surface area contributed by atoms with E-state index >= 15 is 0 Å². The lowest BCUT2D eigenvalue weighted by Crippen LogP contribution is -2.46. The number of nitrogens with one attached hydrogen (secondary N) is 1. The van der Waals surface area contributed by atoms with Gasteiger partial charge in [-0.25, -0.2) is 19.3 Å². The van der Waals surface area contributed by atoms with Crippen LogP contribution in [0.4, 0.5) is 10.1 Å². The Morgan fingerprint density at radius 3 is 2.68 bits per heavy atom. The zero-order valence-corrected chi connectivity index (χ0v) is 18.4. The first-order valence-electron chi connectivity index (χ1n) is 10.4. The normalized spacial score (nSPS) is 15.6.